The van der Waals surface area contributed by atoms with Crippen molar-refractivity contribution in [3.8, 4) is 5.75 Å². The Morgan fingerprint density at radius 2 is 2.00 bits per heavy atom. The van der Waals surface area contributed by atoms with Gasteiger partial charge in [0.25, 0.3) is 0 Å². The Morgan fingerprint density at radius 1 is 1.33 bits per heavy atom. The molecular weight excluding hydrogens is 308 g/mol. The number of carboxylic acids is 1. The zero-order chi connectivity index (χ0) is 18.0. The van der Waals surface area contributed by atoms with Gasteiger partial charge in [0.1, 0.15) is 18.1 Å². The molecule has 2 rings (SSSR count). The van der Waals surface area contributed by atoms with Gasteiger partial charge in [0.05, 0.1) is 5.52 Å². The lowest BCUT2D eigenvalue weighted by Gasteiger charge is -2.20. The fourth-order valence-corrected chi connectivity index (χ4v) is 2.75. The lowest BCUT2D eigenvalue weighted by Crippen LogP contribution is -2.23. The van der Waals surface area contributed by atoms with Crippen LogP contribution in [-0.4, -0.2) is 47.8 Å². The molecule has 0 aliphatic heterocycles. The van der Waals surface area contributed by atoms with Gasteiger partial charge >= 0.3 is 5.97 Å². The number of aromatic carboxylic acids is 1. The summed E-state index contributed by atoms with van der Waals surface area (Å²) in [7, 11) is 3.92. The Balaban J connectivity index is 2.61. The number of likely N-dealkylation sites (N-methyl/N-ethyl adjacent to an activating group) is 1. The van der Waals surface area contributed by atoms with Gasteiger partial charge in [-0.3, -0.25) is 4.79 Å². The number of nitrogens with zero attached hydrogens (tertiary/aromatic N) is 2. The predicted octanol–water partition coefficient (Wildman–Crippen LogP) is 2.53. The molecule has 1 aromatic carbocycles. The Bertz CT molecular complexity index is 822. The van der Waals surface area contributed by atoms with E-state index in [9.17, 15) is 14.7 Å². The Labute approximate surface area is 141 Å². The summed E-state index contributed by atoms with van der Waals surface area (Å²) in [6.07, 6.45) is 0. The van der Waals surface area contributed by atoms with E-state index in [4.69, 9.17) is 4.74 Å². The molecule has 0 unspecified atom stereocenters. The lowest BCUT2D eigenvalue weighted by atomic mass is 10.1. The van der Waals surface area contributed by atoms with Crippen LogP contribution >= 0.6 is 0 Å². The standard InChI is InChI=1S/C18H24N2O4/c1-11(2)20-15-7-6-13(24-9-8-19(4)5)10-14(15)17(21)12(3)16(20)18(22)23/h6-7,10-11H,8-9H2,1-5H3,(H,22,23). The minimum atomic E-state index is -1.09. The molecule has 1 aromatic heterocycles. The number of pyridine rings is 1. The monoisotopic (exact) mass is 332 g/mol. The SMILES string of the molecule is Cc1c(C(=O)O)n(C(C)C)c2ccc(OCCN(C)C)cc2c1=O. The number of hydrogen-bond donors (Lipinski definition) is 1. The second kappa shape index (κ2) is 7.05. The number of carboxylic acid groups (broad SMARTS) is 1. The van der Waals surface area contributed by atoms with Crippen LogP contribution in [0.25, 0.3) is 10.9 Å². The largest absolute Gasteiger partial charge is 0.492 e. The molecule has 0 saturated carbocycles. The molecule has 0 bridgehead atoms. The van der Waals surface area contributed by atoms with E-state index in [0.717, 1.165) is 6.54 Å². The van der Waals surface area contributed by atoms with E-state index in [1.54, 1.807) is 29.7 Å². The van der Waals surface area contributed by atoms with Gasteiger partial charge < -0.3 is 19.3 Å². The van der Waals surface area contributed by atoms with Crippen molar-refractivity contribution in [1.82, 2.24) is 9.47 Å². The van der Waals surface area contributed by atoms with Crippen LogP contribution in [0.4, 0.5) is 0 Å². The maximum atomic E-state index is 12.6. The van der Waals surface area contributed by atoms with Crippen LogP contribution in [-0.2, 0) is 0 Å². The van der Waals surface area contributed by atoms with Crippen molar-refractivity contribution in [2.45, 2.75) is 26.8 Å². The summed E-state index contributed by atoms with van der Waals surface area (Å²) < 4.78 is 7.38. The molecule has 1 heterocycles. The molecule has 0 amide bonds. The number of carbonyl (C=O) groups is 1. The maximum Gasteiger partial charge on any atom is 0.352 e. The number of fused-ring (bicyclic) bond motifs is 1. The zero-order valence-electron chi connectivity index (χ0n) is 14.8. The molecule has 0 atom stereocenters. The van der Waals surface area contributed by atoms with Crippen molar-refractivity contribution in [3.63, 3.8) is 0 Å². The third kappa shape index (κ3) is 3.43. The van der Waals surface area contributed by atoms with E-state index in [1.807, 2.05) is 32.8 Å². The molecule has 6 nitrogen and oxygen atoms in total. The van der Waals surface area contributed by atoms with E-state index in [2.05, 4.69) is 0 Å². The first-order chi connectivity index (χ1) is 11.2. The molecule has 0 fully saturated rings. The molecule has 0 saturated heterocycles. The third-order valence-corrected chi connectivity index (χ3v) is 3.94. The Kier molecular flexibility index (Phi) is 5.29. The molecule has 0 radical (unpaired) electrons. The quantitative estimate of drug-likeness (QED) is 0.880. The summed E-state index contributed by atoms with van der Waals surface area (Å²) in [6.45, 7) is 6.65. The van der Waals surface area contributed by atoms with E-state index in [1.165, 1.54) is 0 Å². The fraction of sp³-hybridized carbons (Fsp3) is 0.444. The summed E-state index contributed by atoms with van der Waals surface area (Å²) in [5.41, 5.74) is 0.633. The van der Waals surface area contributed by atoms with Crippen LogP contribution in [0.5, 0.6) is 5.75 Å². The average molecular weight is 332 g/mol. The van der Waals surface area contributed by atoms with Gasteiger partial charge in [-0.05, 0) is 53.1 Å². The van der Waals surface area contributed by atoms with Gasteiger partial charge in [0.15, 0.2) is 5.43 Å². The Morgan fingerprint density at radius 3 is 2.54 bits per heavy atom. The van der Waals surface area contributed by atoms with Crippen molar-refractivity contribution in [2.24, 2.45) is 0 Å². The minimum absolute atomic E-state index is 0.0452. The first kappa shape index (κ1) is 18.0. The normalized spacial score (nSPS) is 11.5. The molecular formula is C18H24N2O4. The zero-order valence-corrected chi connectivity index (χ0v) is 14.8. The summed E-state index contributed by atoms with van der Waals surface area (Å²) in [6, 6.07) is 5.15. The summed E-state index contributed by atoms with van der Waals surface area (Å²) in [5.74, 6) is -0.481. The molecule has 1 N–H and O–H groups in total. The first-order valence-corrected chi connectivity index (χ1v) is 7.93. The number of benzene rings is 1. The van der Waals surface area contributed by atoms with Crippen LogP contribution < -0.4 is 10.2 Å². The number of hydrogen-bond acceptors (Lipinski definition) is 4. The first-order valence-electron chi connectivity index (χ1n) is 7.93. The highest BCUT2D eigenvalue weighted by Gasteiger charge is 2.21. The van der Waals surface area contributed by atoms with Crippen LogP contribution in [0, 0.1) is 6.92 Å². The third-order valence-electron chi connectivity index (χ3n) is 3.94. The smallest absolute Gasteiger partial charge is 0.352 e. The summed E-state index contributed by atoms with van der Waals surface area (Å²) in [5, 5.41) is 9.99. The highest BCUT2D eigenvalue weighted by atomic mass is 16.5. The minimum Gasteiger partial charge on any atom is -0.492 e. The van der Waals surface area contributed by atoms with Gasteiger partial charge in [-0.1, -0.05) is 0 Å². The maximum absolute atomic E-state index is 12.6. The van der Waals surface area contributed by atoms with E-state index in [-0.39, 0.29) is 22.7 Å². The van der Waals surface area contributed by atoms with Crippen molar-refractivity contribution >= 4 is 16.9 Å². The number of aromatic nitrogens is 1. The molecule has 2 aromatic rings. The fourth-order valence-electron chi connectivity index (χ4n) is 2.75. The summed E-state index contributed by atoms with van der Waals surface area (Å²) >= 11 is 0. The molecule has 6 heteroatoms. The summed E-state index contributed by atoms with van der Waals surface area (Å²) in [4.78, 5) is 26.3. The molecule has 0 aliphatic carbocycles. The predicted molar refractivity (Wildman–Crippen MR) is 94.3 cm³/mol. The van der Waals surface area contributed by atoms with Crippen molar-refractivity contribution in [1.29, 1.82) is 0 Å². The molecule has 130 valence electrons. The highest BCUT2D eigenvalue weighted by Crippen LogP contribution is 2.24. The second-order valence-corrected chi connectivity index (χ2v) is 6.40. The average Bonchev–Trinajstić information content (AvgIpc) is 2.49. The molecule has 24 heavy (non-hydrogen) atoms. The van der Waals surface area contributed by atoms with Gasteiger partial charge in [-0.25, -0.2) is 4.79 Å². The van der Waals surface area contributed by atoms with Crippen molar-refractivity contribution in [3.05, 3.63) is 39.7 Å². The lowest BCUT2D eigenvalue weighted by molar-refractivity contribution is 0.0682. The van der Waals surface area contributed by atoms with E-state index >= 15 is 0 Å². The molecule has 0 spiro atoms. The van der Waals surface area contributed by atoms with Crippen LogP contribution in [0.15, 0.2) is 23.0 Å². The van der Waals surface area contributed by atoms with Crippen molar-refractivity contribution < 1.29 is 14.6 Å². The Hall–Kier alpha value is -2.34. The number of rotatable bonds is 6. The van der Waals surface area contributed by atoms with Gasteiger partial charge in [-0.2, -0.15) is 0 Å². The molecule has 0 aliphatic rings. The number of ether oxygens (including phenoxy) is 1. The highest BCUT2D eigenvalue weighted by molar-refractivity contribution is 5.93. The van der Waals surface area contributed by atoms with Crippen LogP contribution in [0.2, 0.25) is 0 Å². The van der Waals surface area contributed by atoms with E-state index < -0.39 is 5.97 Å². The van der Waals surface area contributed by atoms with Crippen molar-refractivity contribution in [2.75, 3.05) is 27.2 Å². The van der Waals surface area contributed by atoms with Crippen LogP contribution in [0.3, 0.4) is 0 Å². The van der Waals surface area contributed by atoms with Crippen LogP contribution in [0.1, 0.15) is 35.9 Å². The van der Waals surface area contributed by atoms with Gasteiger partial charge in [-0.15, -0.1) is 0 Å². The van der Waals surface area contributed by atoms with E-state index in [0.29, 0.717) is 23.3 Å². The second-order valence-electron chi connectivity index (χ2n) is 6.40. The van der Waals surface area contributed by atoms with Gasteiger partial charge in [0.2, 0.25) is 0 Å². The van der Waals surface area contributed by atoms with Gasteiger partial charge in [0, 0.05) is 23.5 Å². The topological polar surface area (TPSA) is 71.8 Å².